The van der Waals surface area contributed by atoms with Crippen LogP contribution in [0.2, 0.25) is 0 Å². The third-order valence-corrected chi connectivity index (χ3v) is 4.84. The number of nitrogens with zero attached hydrogens (tertiary/aromatic N) is 2. The van der Waals surface area contributed by atoms with Crippen molar-refractivity contribution >= 4 is 34.3 Å². The Labute approximate surface area is 135 Å². The zero-order chi connectivity index (χ0) is 16.6. The number of carboxylic acid groups (broad SMARTS) is 1. The lowest BCUT2D eigenvalue weighted by molar-refractivity contribution is 0.0695. The number of halogens is 1. The summed E-state index contributed by atoms with van der Waals surface area (Å²) in [6.07, 6.45) is 1.22. The summed E-state index contributed by atoms with van der Waals surface area (Å²) in [7, 11) is 1.61. The lowest BCUT2D eigenvalue weighted by atomic mass is 10.1. The summed E-state index contributed by atoms with van der Waals surface area (Å²) in [6.45, 7) is 1.48. The van der Waals surface area contributed by atoms with E-state index in [2.05, 4.69) is 5.43 Å². The topological polar surface area (TPSA) is 74.6 Å². The first-order chi connectivity index (χ1) is 11.0. The highest BCUT2D eigenvalue weighted by molar-refractivity contribution is 7.99. The minimum absolute atomic E-state index is 0.0480. The Balaban J connectivity index is 2.24. The number of fused-ring (bicyclic) bond motifs is 1. The fourth-order valence-corrected chi connectivity index (χ4v) is 3.62. The average molecular weight is 337 g/mol. The predicted molar refractivity (Wildman–Crippen MR) is 89.9 cm³/mol. The molecule has 1 aromatic carbocycles. The van der Waals surface area contributed by atoms with Crippen LogP contribution in [0.1, 0.15) is 10.4 Å². The summed E-state index contributed by atoms with van der Waals surface area (Å²) < 4.78 is 15.9. The summed E-state index contributed by atoms with van der Waals surface area (Å²) in [5, 5.41) is 9.18. The maximum Gasteiger partial charge on any atom is 0.341 e. The number of hydrogen-bond donors (Lipinski definition) is 2. The van der Waals surface area contributed by atoms with Gasteiger partial charge in [0.2, 0.25) is 5.43 Å². The summed E-state index contributed by atoms with van der Waals surface area (Å²) in [6, 6.07) is 2.74. The van der Waals surface area contributed by atoms with Gasteiger partial charge in [0.25, 0.3) is 0 Å². The maximum atomic E-state index is 14.5. The number of nitrogens with one attached hydrogen (secondary N) is 1. The largest absolute Gasteiger partial charge is 0.477 e. The second-order valence-corrected chi connectivity index (χ2v) is 6.42. The SMILES string of the molecule is CNn1cc(C(=O)O)c(=O)c2cc(F)c(N3CCSCC3)cc21. The van der Waals surface area contributed by atoms with Crippen LogP contribution in [-0.2, 0) is 0 Å². The first-order valence-corrected chi connectivity index (χ1v) is 8.31. The molecule has 1 aliphatic heterocycles. The van der Waals surface area contributed by atoms with Gasteiger partial charge in [-0.25, -0.2) is 9.18 Å². The Morgan fingerprint density at radius 2 is 2.04 bits per heavy atom. The number of rotatable bonds is 3. The van der Waals surface area contributed by atoms with Crippen molar-refractivity contribution in [3.05, 3.63) is 39.9 Å². The molecule has 2 aromatic rings. The molecule has 3 rings (SSSR count). The molecule has 2 N–H and O–H groups in total. The lowest BCUT2D eigenvalue weighted by Crippen LogP contribution is -2.33. The van der Waals surface area contributed by atoms with Gasteiger partial charge in [-0.05, 0) is 12.1 Å². The van der Waals surface area contributed by atoms with E-state index in [1.807, 2.05) is 16.7 Å². The molecular weight excluding hydrogens is 321 g/mol. The fraction of sp³-hybridized carbons (Fsp3) is 0.333. The molecule has 2 heterocycles. The molecule has 122 valence electrons. The van der Waals surface area contributed by atoms with Gasteiger partial charge in [-0.1, -0.05) is 0 Å². The molecule has 1 saturated heterocycles. The van der Waals surface area contributed by atoms with E-state index in [0.717, 1.165) is 30.7 Å². The monoisotopic (exact) mass is 337 g/mol. The van der Waals surface area contributed by atoms with Crippen LogP contribution in [0.25, 0.3) is 10.9 Å². The van der Waals surface area contributed by atoms with Crippen molar-refractivity contribution in [3.63, 3.8) is 0 Å². The summed E-state index contributed by atoms with van der Waals surface area (Å²) in [5.41, 5.74) is 2.62. The summed E-state index contributed by atoms with van der Waals surface area (Å²) >= 11 is 1.82. The van der Waals surface area contributed by atoms with Gasteiger partial charge in [-0.3, -0.25) is 9.47 Å². The number of carboxylic acids is 1. The van der Waals surface area contributed by atoms with Crippen molar-refractivity contribution in [2.24, 2.45) is 0 Å². The van der Waals surface area contributed by atoms with Crippen molar-refractivity contribution < 1.29 is 14.3 Å². The molecule has 6 nitrogen and oxygen atoms in total. The minimum Gasteiger partial charge on any atom is -0.477 e. The van der Waals surface area contributed by atoms with Crippen LogP contribution in [0.4, 0.5) is 10.1 Å². The molecule has 23 heavy (non-hydrogen) atoms. The van der Waals surface area contributed by atoms with Crippen molar-refractivity contribution in [2.45, 2.75) is 0 Å². The van der Waals surface area contributed by atoms with Gasteiger partial charge >= 0.3 is 5.97 Å². The van der Waals surface area contributed by atoms with Gasteiger partial charge in [0, 0.05) is 37.8 Å². The Bertz CT molecular complexity index is 831. The first kappa shape index (κ1) is 15.7. The van der Waals surface area contributed by atoms with Crippen molar-refractivity contribution in [1.29, 1.82) is 0 Å². The smallest absolute Gasteiger partial charge is 0.341 e. The van der Waals surface area contributed by atoms with Crippen LogP contribution in [0.5, 0.6) is 0 Å². The van der Waals surface area contributed by atoms with Crippen LogP contribution >= 0.6 is 11.8 Å². The van der Waals surface area contributed by atoms with Gasteiger partial charge in [-0.15, -0.1) is 0 Å². The molecule has 0 amide bonds. The molecule has 1 aromatic heterocycles. The normalized spacial score (nSPS) is 15.0. The van der Waals surface area contributed by atoms with Crippen LogP contribution in [0.15, 0.2) is 23.1 Å². The van der Waals surface area contributed by atoms with E-state index in [0.29, 0.717) is 11.2 Å². The molecule has 0 bridgehead atoms. The van der Waals surface area contributed by atoms with Gasteiger partial charge in [-0.2, -0.15) is 11.8 Å². The fourth-order valence-electron chi connectivity index (χ4n) is 2.72. The third kappa shape index (κ3) is 2.74. The number of anilines is 1. The van der Waals surface area contributed by atoms with Crippen LogP contribution in [0, 0.1) is 5.82 Å². The number of thioether (sulfide) groups is 1. The van der Waals surface area contributed by atoms with Gasteiger partial charge in [0.05, 0.1) is 16.6 Å². The Kier molecular flexibility index (Phi) is 4.16. The number of carbonyl (C=O) groups is 1. The Morgan fingerprint density at radius 1 is 1.35 bits per heavy atom. The average Bonchev–Trinajstić information content (AvgIpc) is 2.55. The number of pyridine rings is 1. The third-order valence-electron chi connectivity index (χ3n) is 3.90. The number of hydrogen-bond acceptors (Lipinski definition) is 5. The first-order valence-electron chi connectivity index (χ1n) is 7.15. The molecule has 0 atom stereocenters. The summed E-state index contributed by atoms with van der Waals surface area (Å²) in [5.74, 6) is 0.00726. The van der Waals surface area contributed by atoms with Crippen LogP contribution in [-0.4, -0.2) is 47.4 Å². The standard InChI is InChI=1S/C15H16FN3O3S/c1-17-19-8-10(15(21)22)14(20)9-6-11(16)13(7-12(9)19)18-2-4-23-5-3-18/h6-8,17H,2-5H2,1H3,(H,21,22). The van der Waals surface area contributed by atoms with Gasteiger partial charge in [0.15, 0.2) is 0 Å². The zero-order valence-electron chi connectivity index (χ0n) is 12.5. The molecule has 1 fully saturated rings. The van der Waals surface area contributed by atoms with Crippen LogP contribution in [0.3, 0.4) is 0 Å². The highest BCUT2D eigenvalue weighted by Gasteiger charge is 2.20. The van der Waals surface area contributed by atoms with E-state index in [9.17, 15) is 14.0 Å². The molecule has 8 heteroatoms. The number of aromatic carboxylic acids is 1. The maximum absolute atomic E-state index is 14.5. The predicted octanol–water partition coefficient (Wildman–Crippen LogP) is 1.57. The minimum atomic E-state index is -1.33. The molecule has 0 aliphatic carbocycles. The quantitative estimate of drug-likeness (QED) is 0.885. The number of benzene rings is 1. The second kappa shape index (κ2) is 6.11. The van der Waals surface area contributed by atoms with Gasteiger partial charge in [0.1, 0.15) is 11.4 Å². The Morgan fingerprint density at radius 3 is 2.65 bits per heavy atom. The van der Waals surface area contributed by atoms with Gasteiger partial charge < -0.3 is 15.4 Å². The Hall–Kier alpha value is -2.22. The highest BCUT2D eigenvalue weighted by atomic mass is 32.2. The zero-order valence-corrected chi connectivity index (χ0v) is 13.3. The van der Waals surface area contributed by atoms with Crippen LogP contribution < -0.4 is 15.8 Å². The van der Waals surface area contributed by atoms with E-state index in [1.165, 1.54) is 10.9 Å². The molecule has 0 spiro atoms. The van der Waals surface area contributed by atoms with Crippen molar-refractivity contribution in [3.8, 4) is 0 Å². The molecular formula is C15H16FN3O3S. The second-order valence-electron chi connectivity index (χ2n) is 5.19. The lowest BCUT2D eigenvalue weighted by Gasteiger charge is -2.29. The van der Waals surface area contributed by atoms with Crippen molar-refractivity contribution in [1.82, 2.24) is 4.68 Å². The van der Waals surface area contributed by atoms with E-state index < -0.39 is 22.8 Å². The van der Waals surface area contributed by atoms with E-state index >= 15 is 0 Å². The van der Waals surface area contributed by atoms with E-state index in [1.54, 1.807) is 13.1 Å². The molecule has 0 radical (unpaired) electrons. The highest BCUT2D eigenvalue weighted by Crippen LogP contribution is 2.27. The van der Waals surface area contributed by atoms with E-state index in [-0.39, 0.29) is 5.39 Å². The number of aromatic nitrogens is 1. The molecule has 0 unspecified atom stereocenters. The van der Waals surface area contributed by atoms with E-state index in [4.69, 9.17) is 5.11 Å². The summed E-state index contributed by atoms with van der Waals surface area (Å²) in [4.78, 5) is 25.4. The van der Waals surface area contributed by atoms with Crippen molar-refractivity contribution in [2.75, 3.05) is 42.0 Å². The molecule has 0 saturated carbocycles. The molecule has 1 aliphatic rings.